The molecule has 0 radical (unpaired) electrons. The van der Waals surface area contributed by atoms with E-state index >= 15 is 0 Å². The van der Waals surface area contributed by atoms with E-state index in [2.05, 4.69) is 10.3 Å². The van der Waals surface area contributed by atoms with Crippen molar-refractivity contribution in [1.82, 2.24) is 4.98 Å². The quantitative estimate of drug-likeness (QED) is 0.883. The molecule has 18 heavy (non-hydrogen) atoms. The maximum atomic E-state index is 12.0. The van der Waals surface area contributed by atoms with Crippen LogP contribution in [0.1, 0.15) is 25.6 Å². The minimum atomic E-state index is -0.552. The molecule has 2 aromatic rings. The van der Waals surface area contributed by atoms with Crippen LogP contribution in [0.15, 0.2) is 30.5 Å². The molecular weight excluding hydrogens is 250 g/mol. The van der Waals surface area contributed by atoms with Crippen LogP contribution in [0.4, 0.5) is 5.13 Å². The van der Waals surface area contributed by atoms with Crippen LogP contribution in [0.2, 0.25) is 0 Å². The number of anilines is 1. The molecule has 1 heterocycles. The molecule has 0 aliphatic rings. The maximum absolute atomic E-state index is 12.0. The fourth-order valence-corrected chi connectivity index (χ4v) is 2.10. The van der Waals surface area contributed by atoms with Gasteiger partial charge in [-0.25, -0.2) is 4.98 Å². The topological polar surface area (TPSA) is 85.1 Å². The van der Waals surface area contributed by atoms with Gasteiger partial charge in [-0.05, 0) is 18.6 Å². The molecule has 2 rings (SSSR count). The van der Waals surface area contributed by atoms with Crippen molar-refractivity contribution in [1.29, 1.82) is 0 Å². The highest BCUT2D eigenvalue weighted by molar-refractivity contribution is 7.17. The summed E-state index contributed by atoms with van der Waals surface area (Å²) in [7, 11) is 0. The van der Waals surface area contributed by atoms with E-state index in [1.807, 2.05) is 19.1 Å². The molecule has 3 N–H and O–H groups in total. The predicted octanol–water partition coefficient (Wildman–Crippen LogP) is 1.80. The van der Waals surface area contributed by atoms with Crippen molar-refractivity contribution in [2.75, 3.05) is 5.32 Å². The third kappa shape index (κ3) is 2.54. The number of aryl methyl sites for hydroxylation is 1. The van der Waals surface area contributed by atoms with Gasteiger partial charge in [0.15, 0.2) is 5.13 Å². The number of rotatable bonds is 3. The number of benzene rings is 1. The van der Waals surface area contributed by atoms with Crippen LogP contribution in [0.3, 0.4) is 0 Å². The fraction of sp³-hybridized carbons (Fsp3) is 0.0833. The average Bonchev–Trinajstić information content (AvgIpc) is 2.78. The highest BCUT2D eigenvalue weighted by Crippen LogP contribution is 2.18. The predicted molar refractivity (Wildman–Crippen MR) is 69.8 cm³/mol. The second-order valence-corrected chi connectivity index (χ2v) is 4.69. The Morgan fingerprint density at radius 2 is 2.06 bits per heavy atom. The van der Waals surface area contributed by atoms with E-state index in [1.54, 1.807) is 12.1 Å². The first-order valence-electron chi connectivity index (χ1n) is 5.20. The first-order valence-corrected chi connectivity index (χ1v) is 6.02. The maximum Gasteiger partial charge on any atom is 0.260 e. The molecule has 92 valence electrons. The second-order valence-electron chi connectivity index (χ2n) is 3.66. The first-order chi connectivity index (χ1) is 8.58. The van der Waals surface area contributed by atoms with E-state index in [9.17, 15) is 9.59 Å². The van der Waals surface area contributed by atoms with E-state index in [-0.39, 0.29) is 5.91 Å². The van der Waals surface area contributed by atoms with Gasteiger partial charge in [-0.1, -0.05) is 29.5 Å². The third-order valence-electron chi connectivity index (χ3n) is 2.36. The minimum absolute atomic E-state index is 0.251. The fourth-order valence-electron chi connectivity index (χ4n) is 1.44. The van der Waals surface area contributed by atoms with Gasteiger partial charge in [0, 0.05) is 5.56 Å². The Morgan fingerprint density at radius 3 is 2.67 bits per heavy atom. The van der Waals surface area contributed by atoms with Crippen LogP contribution >= 0.6 is 11.3 Å². The highest BCUT2D eigenvalue weighted by atomic mass is 32.1. The molecule has 6 heteroatoms. The van der Waals surface area contributed by atoms with Crippen molar-refractivity contribution >= 4 is 28.3 Å². The standard InChI is InChI=1S/C12H11N3O2S/c1-7-4-2-3-5-8(7)11(17)15-12-14-6-9(18-12)10(13)16/h2-6H,1H3,(H2,13,16)(H,14,15,17). The summed E-state index contributed by atoms with van der Waals surface area (Å²) in [5, 5.41) is 2.99. The lowest BCUT2D eigenvalue weighted by molar-refractivity contribution is 0.100. The zero-order chi connectivity index (χ0) is 13.1. The summed E-state index contributed by atoms with van der Waals surface area (Å²) < 4.78 is 0. The number of nitrogens with zero attached hydrogens (tertiary/aromatic N) is 1. The summed E-state index contributed by atoms with van der Waals surface area (Å²) in [6.07, 6.45) is 1.35. The number of hydrogen-bond acceptors (Lipinski definition) is 4. The summed E-state index contributed by atoms with van der Waals surface area (Å²) in [5.41, 5.74) is 6.57. The largest absolute Gasteiger partial charge is 0.365 e. The summed E-state index contributed by atoms with van der Waals surface area (Å²) in [6, 6.07) is 7.23. The van der Waals surface area contributed by atoms with Crippen LogP contribution in [0.5, 0.6) is 0 Å². The first kappa shape index (κ1) is 12.3. The number of carbonyl (C=O) groups excluding carboxylic acids is 2. The number of thiazole rings is 1. The Balaban J connectivity index is 2.16. The van der Waals surface area contributed by atoms with Crippen LogP contribution < -0.4 is 11.1 Å². The Bertz CT molecular complexity index is 607. The summed E-state index contributed by atoms with van der Waals surface area (Å²) in [5.74, 6) is -0.803. The van der Waals surface area contributed by atoms with Crippen molar-refractivity contribution in [3.05, 3.63) is 46.5 Å². The van der Waals surface area contributed by atoms with Crippen molar-refractivity contribution in [3.8, 4) is 0 Å². The van der Waals surface area contributed by atoms with E-state index in [0.29, 0.717) is 15.6 Å². The van der Waals surface area contributed by atoms with Gasteiger partial charge in [-0.3, -0.25) is 14.9 Å². The van der Waals surface area contributed by atoms with Crippen molar-refractivity contribution in [3.63, 3.8) is 0 Å². The Hall–Kier alpha value is -2.21. The van der Waals surface area contributed by atoms with Crippen LogP contribution in [-0.4, -0.2) is 16.8 Å². The van der Waals surface area contributed by atoms with Crippen LogP contribution in [0, 0.1) is 6.92 Å². The SMILES string of the molecule is Cc1ccccc1C(=O)Nc1ncc(C(N)=O)s1. The molecule has 1 aromatic carbocycles. The normalized spacial score (nSPS) is 10.1. The molecule has 0 unspecified atom stereocenters. The van der Waals surface area contributed by atoms with Gasteiger partial charge in [-0.2, -0.15) is 0 Å². The number of aromatic nitrogens is 1. The Labute approximate surface area is 108 Å². The monoisotopic (exact) mass is 261 g/mol. The number of carbonyl (C=O) groups is 2. The Kier molecular flexibility index (Phi) is 3.38. The highest BCUT2D eigenvalue weighted by Gasteiger charge is 2.12. The van der Waals surface area contributed by atoms with Crippen LogP contribution in [0.25, 0.3) is 0 Å². The minimum Gasteiger partial charge on any atom is -0.365 e. The lowest BCUT2D eigenvalue weighted by Crippen LogP contribution is -2.12. The molecule has 0 aliphatic heterocycles. The van der Waals surface area contributed by atoms with Gasteiger partial charge >= 0.3 is 0 Å². The summed E-state index contributed by atoms with van der Waals surface area (Å²) >= 11 is 1.05. The third-order valence-corrected chi connectivity index (χ3v) is 3.29. The number of nitrogens with one attached hydrogen (secondary N) is 1. The van der Waals surface area contributed by atoms with E-state index in [0.717, 1.165) is 16.9 Å². The van der Waals surface area contributed by atoms with Crippen molar-refractivity contribution in [2.24, 2.45) is 5.73 Å². The van der Waals surface area contributed by atoms with Crippen molar-refractivity contribution < 1.29 is 9.59 Å². The number of hydrogen-bond donors (Lipinski definition) is 2. The van der Waals surface area contributed by atoms with Crippen molar-refractivity contribution in [2.45, 2.75) is 6.92 Å². The molecular formula is C12H11N3O2S. The van der Waals surface area contributed by atoms with Gasteiger partial charge in [0.1, 0.15) is 4.88 Å². The Morgan fingerprint density at radius 1 is 1.33 bits per heavy atom. The van der Waals surface area contributed by atoms with Gasteiger partial charge in [0.05, 0.1) is 6.20 Å². The molecule has 0 bridgehead atoms. The smallest absolute Gasteiger partial charge is 0.260 e. The average molecular weight is 261 g/mol. The molecule has 5 nitrogen and oxygen atoms in total. The second kappa shape index (κ2) is 4.97. The molecule has 2 amide bonds. The van der Waals surface area contributed by atoms with Gasteiger partial charge < -0.3 is 5.73 Å². The molecule has 1 aromatic heterocycles. The van der Waals surface area contributed by atoms with E-state index < -0.39 is 5.91 Å². The molecule has 0 saturated heterocycles. The van der Waals surface area contributed by atoms with Gasteiger partial charge in [-0.15, -0.1) is 0 Å². The lowest BCUT2D eigenvalue weighted by atomic mass is 10.1. The van der Waals surface area contributed by atoms with E-state index in [4.69, 9.17) is 5.73 Å². The summed E-state index contributed by atoms with van der Waals surface area (Å²) in [6.45, 7) is 1.85. The number of amides is 2. The number of primary amides is 1. The molecule has 0 saturated carbocycles. The lowest BCUT2D eigenvalue weighted by Gasteiger charge is -2.04. The van der Waals surface area contributed by atoms with Gasteiger partial charge in [0.25, 0.3) is 11.8 Å². The molecule has 0 aliphatic carbocycles. The molecule has 0 spiro atoms. The zero-order valence-electron chi connectivity index (χ0n) is 9.64. The van der Waals surface area contributed by atoms with Gasteiger partial charge in [0.2, 0.25) is 0 Å². The number of nitrogens with two attached hydrogens (primary N) is 1. The van der Waals surface area contributed by atoms with Crippen LogP contribution in [-0.2, 0) is 0 Å². The zero-order valence-corrected chi connectivity index (χ0v) is 10.5. The summed E-state index contributed by atoms with van der Waals surface area (Å²) in [4.78, 5) is 27.1. The molecule has 0 atom stereocenters. The van der Waals surface area contributed by atoms with E-state index in [1.165, 1.54) is 6.20 Å². The molecule has 0 fully saturated rings.